The fourth-order valence-electron chi connectivity index (χ4n) is 2.86. The number of anilines is 2. The van der Waals surface area contributed by atoms with Crippen LogP contribution in [0.5, 0.6) is 5.75 Å². The van der Waals surface area contributed by atoms with Gasteiger partial charge in [-0.2, -0.15) is 0 Å². The lowest BCUT2D eigenvalue weighted by atomic mass is 10.1. The molecule has 0 aliphatic heterocycles. The van der Waals surface area contributed by atoms with Gasteiger partial charge in [0, 0.05) is 12.6 Å². The summed E-state index contributed by atoms with van der Waals surface area (Å²) in [6.07, 6.45) is 0. The van der Waals surface area contributed by atoms with Crippen LogP contribution in [0.4, 0.5) is 10.8 Å². The number of thiazole rings is 1. The van der Waals surface area contributed by atoms with Crippen molar-refractivity contribution in [2.75, 3.05) is 16.6 Å². The number of hydrogen-bond acceptors (Lipinski definition) is 6. The number of hydrogen-bond donors (Lipinski definition) is 2. The van der Waals surface area contributed by atoms with Crippen LogP contribution in [0.3, 0.4) is 0 Å². The highest BCUT2D eigenvalue weighted by Gasteiger charge is 2.23. The van der Waals surface area contributed by atoms with Gasteiger partial charge < -0.3 is 10.1 Å². The molecule has 3 rings (SSSR count). The number of fused-ring (bicyclic) bond motifs is 1. The lowest BCUT2D eigenvalue weighted by Crippen LogP contribution is -2.15. The van der Waals surface area contributed by atoms with Crippen LogP contribution in [0.1, 0.15) is 25.0 Å². The molecule has 0 atom stereocenters. The fourth-order valence-corrected chi connectivity index (χ4v) is 5.31. The normalized spacial score (nSPS) is 11.4. The quantitative estimate of drug-likeness (QED) is 0.628. The van der Waals surface area contributed by atoms with Gasteiger partial charge in [0.05, 0.1) is 16.8 Å². The van der Waals surface area contributed by atoms with E-state index in [4.69, 9.17) is 4.74 Å². The molecule has 3 aromatic rings. The number of carbonyl (C=O) groups is 1. The molecule has 148 valence electrons. The molecule has 0 unspecified atom stereocenters. The first-order valence-corrected chi connectivity index (χ1v) is 10.9. The Morgan fingerprint density at radius 2 is 1.96 bits per heavy atom. The standard InChI is InChI=1S/C19H21N3O4S2/c1-5-26-15-7-6-14(20-13(4)23)10-17(15)28(24,25)22-19-21-18-12(3)8-11(2)9-16(18)27-19/h6-10H,5H2,1-4H3,(H,20,23)(H,21,22). The first-order valence-electron chi connectivity index (χ1n) is 8.64. The third-order valence-electron chi connectivity index (χ3n) is 3.90. The van der Waals surface area contributed by atoms with Gasteiger partial charge in [-0.25, -0.2) is 13.4 Å². The summed E-state index contributed by atoms with van der Waals surface area (Å²) in [6.45, 7) is 7.36. The Morgan fingerprint density at radius 3 is 2.64 bits per heavy atom. The molecule has 2 N–H and O–H groups in total. The molecule has 0 radical (unpaired) electrons. The lowest BCUT2D eigenvalue weighted by molar-refractivity contribution is -0.114. The van der Waals surface area contributed by atoms with E-state index >= 15 is 0 Å². The molecule has 9 heteroatoms. The minimum Gasteiger partial charge on any atom is -0.492 e. The summed E-state index contributed by atoms with van der Waals surface area (Å²) in [5.41, 5.74) is 3.21. The minimum absolute atomic E-state index is 0.0623. The van der Waals surface area contributed by atoms with Crippen molar-refractivity contribution in [1.82, 2.24) is 4.98 Å². The van der Waals surface area contributed by atoms with Crippen LogP contribution < -0.4 is 14.8 Å². The topological polar surface area (TPSA) is 97.4 Å². The van der Waals surface area contributed by atoms with E-state index in [1.807, 2.05) is 26.0 Å². The van der Waals surface area contributed by atoms with Gasteiger partial charge in [0.25, 0.3) is 10.0 Å². The average molecular weight is 420 g/mol. The van der Waals surface area contributed by atoms with Gasteiger partial charge in [0.2, 0.25) is 5.91 Å². The van der Waals surface area contributed by atoms with Crippen LogP contribution in [0, 0.1) is 13.8 Å². The van der Waals surface area contributed by atoms with E-state index in [1.54, 1.807) is 13.0 Å². The molecule has 2 aromatic carbocycles. The number of rotatable bonds is 6. The molecule has 0 aliphatic rings. The summed E-state index contributed by atoms with van der Waals surface area (Å²) in [4.78, 5) is 15.7. The van der Waals surface area contributed by atoms with Gasteiger partial charge in [0.1, 0.15) is 10.6 Å². The number of carbonyl (C=O) groups excluding carboxylic acids is 1. The van der Waals surface area contributed by atoms with E-state index < -0.39 is 10.0 Å². The highest BCUT2D eigenvalue weighted by atomic mass is 32.2. The maximum absolute atomic E-state index is 13.0. The second-order valence-electron chi connectivity index (χ2n) is 6.33. The SMILES string of the molecule is CCOc1ccc(NC(C)=O)cc1S(=O)(=O)Nc1nc2c(C)cc(C)cc2s1. The summed E-state index contributed by atoms with van der Waals surface area (Å²) in [7, 11) is -3.97. The van der Waals surface area contributed by atoms with Crippen molar-refractivity contribution in [3.8, 4) is 5.75 Å². The second-order valence-corrected chi connectivity index (χ2v) is 9.01. The van der Waals surface area contributed by atoms with E-state index in [9.17, 15) is 13.2 Å². The Morgan fingerprint density at radius 1 is 1.21 bits per heavy atom. The Kier molecular flexibility index (Phi) is 5.57. The van der Waals surface area contributed by atoms with Crippen LogP contribution in [0.15, 0.2) is 35.2 Å². The second kappa shape index (κ2) is 7.76. The van der Waals surface area contributed by atoms with Crippen molar-refractivity contribution < 1.29 is 17.9 Å². The van der Waals surface area contributed by atoms with Gasteiger partial charge in [-0.05, 0) is 56.2 Å². The van der Waals surface area contributed by atoms with Crippen molar-refractivity contribution in [2.24, 2.45) is 0 Å². The fraction of sp³-hybridized carbons (Fsp3) is 0.263. The van der Waals surface area contributed by atoms with Crippen molar-refractivity contribution in [2.45, 2.75) is 32.6 Å². The molecular weight excluding hydrogens is 398 g/mol. The number of nitrogens with one attached hydrogen (secondary N) is 2. The highest BCUT2D eigenvalue weighted by Crippen LogP contribution is 2.33. The molecule has 1 amide bonds. The first-order chi connectivity index (χ1) is 13.2. The van der Waals surface area contributed by atoms with Crippen molar-refractivity contribution >= 4 is 48.3 Å². The number of sulfonamides is 1. The number of benzene rings is 2. The third-order valence-corrected chi connectivity index (χ3v) is 6.31. The van der Waals surface area contributed by atoms with Crippen LogP contribution in [0.25, 0.3) is 10.2 Å². The van der Waals surface area contributed by atoms with Crippen molar-refractivity contribution in [3.63, 3.8) is 0 Å². The number of aromatic nitrogens is 1. The number of aryl methyl sites for hydroxylation is 2. The molecule has 28 heavy (non-hydrogen) atoms. The molecule has 1 aromatic heterocycles. The van der Waals surface area contributed by atoms with Crippen molar-refractivity contribution in [1.29, 1.82) is 0 Å². The molecule has 0 spiro atoms. The Labute approximate surface area is 167 Å². The highest BCUT2D eigenvalue weighted by molar-refractivity contribution is 7.93. The number of nitrogens with zero attached hydrogens (tertiary/aromatic N) is 1. The smallest absolute Gasteiger partial charge is 0.267 e. The van der Waals surface area contributed by atoms with E-state index in [0.717, 1.165) is 21.3 Å². The van der Waals surface area contributed by atoms with Gasteiger partial charge in [0.15, 0.2) is 5.13 Å². The van der Waals surface area contributed by atoms with Gasteiger partial charge in [-0.1, -0.05) is 17.4 Å². The third kappa shape index (κ3) is 4.26. The minimum atomic E-state index is -3.97. The number of amides is 1. The maximum Gasteiger partial charge on any atom is 0.267 e. The van der Waals surface area contributed by atoms with Crippen LogP contribution >= 0.6 is 11.3 Å². The summed E-state index contributed by atoms with van der Waals surface area (Å²) in [5.74, 6) is -0.0882. The molecule has 7 nitrogen and oxygen atoms in total. The molecule has 0 fully saturated rings. The zero-order valence-electron chi connectivity index (χ0n) is 16.0. The predicted molar refractivity (Wildman–Crippen MR) is 112 cm³/mol. The van der Waals surface area contributed by atoms with Crippen molar-refractivity contribution in [3.05, 3.63) is 41.5 Å². The van der Waals surface area contributed by atoms with Gasteiger partial charge in [-0.15, -0.1) is 0 Å². The molecule has 0 saturated carbocycles. The molecular formula is C19H21N3O4S2. The summed E-state index contributed by atoms with van der Waals surface area (Å²) < 4.78 is 35.0. The van der Waals surface area contributed by atoms with Crippen LogP contribution in [0.2, 0.25) is 0 Å². The maximum atomic E-state index is 13.0. The van der Waals surface area contributed by atoms with Gasteiger partial charge >= 0.3 is 0 Å². The Bertz CT molecular complexity index is 1150. The zero-order valence-corrected chi connectivity index (χ0v) is 17.6. The van der Waals surface area contributed by atoms with Crippen LogP contribution in [-0.4, -0.2) is 25.9 Å². The Hall–Kier alpha value is -2.65. The van der Waals surface area contributed by atoms with Gasteiger partial charge in [-0.3, -0.25) is 9.52 Å². The number of ether oxygens (including phenoxy) is 1. The van der Waals surface area contributed by atoms with Crippen LogP contribution in [-0.2, 0) is 14.8 Å². The molecule has 1 heterocycles. The van der Waals surface area contributed by atoms with E-state index in [-0.39, 0.29) is 21.7 Å². The molecule has 0 aliphatic carbocycles. The summed E-state index contributed by atoms with van der Waals surface area (Å²) in [6, 6.07) is 8.47. The summed E-state index contributed by atoms with van der Waals surface area (Å²) >= 11 is 1.27. The molecule has 0 bridgehead atoms. The average Bonchev–Trinajstić information content (AvgIpc) is 2.97. The monoisotopic (exact) mass is 419 g/mol. The van der Waals surface area contributed by atoms with E-state index in [2.05, 4.69) is 15.0 Å². The summed E-state index contributed by atoms with van der Waals surface area (Å²) in [5, 5.41) is 2.86. The lowest BCUT2D eigenvalue weighted by Gasteiger charge is -2.13. The predicted octanol–water partition coefficient (Wildman–Crippen LogP) is 4.07. The van der Waals surface area contributed by atoms with E-state index in [0.29, 0.717) is 12.3 Å². The first kappa shape index (κ1) is 20.1. The van der Waals surface area contributed by atoms with E-state index in [1.165, 1.54) is 30.4 Å². The molecule has 0 saturated heterocycles. The largest absolute Gasteiger partial charge is 0.492 e. The zero-order chi connectivity index (χ0) is 20.5. The Balaban J connectivity index is 2.02.